The van der Waals surface area contributed by atoms with Gasteiger partial charge in [0.15, 0.2) is 0 Å². The van der Waals surface area contributed by atoms with Crippen LogP contribution in [0.4, 0.5) is 5.69 Å². The Balaban J connectivity index is 2.62. The number of unbranched alkanes of at least 4 members (excludes halogenated alkanes) is 2. The fraction of sp³-hybridized carbons (Fsp3) is 0.500. The van der Waals surface area contributed by atoms with Gasteiger partial charge in [-0.25, -0.2) is 0 Å². The summed E-state index contributed by atoms with van der Waals surface area (Å²) in [7, 11) is -2.27. The van der Waals surface area contributed by atoms with Gasteiger partial charge >= 0.3 is 0 Å². The number of benzene rings is 1. The summed E-state index contributed by atoms with van der Waals surface area (Å²) < 4.78 is 12.0. The van der Waals surface area contributed by atoms with E-state index in [1.165, 1.54) is 0 Å². The highest BCUT2D eigenvalue weighted by Crippen LogP contribution is 2.35. The van der Waals surface area contributed by atoms with Crippen LogP contribution in [0.15, 0.2) is 24.3 Å². The van der Waals surface area contributed by atoms with E-state index >= 15 is 0 Å². The molecule has 0 saturated heterocycles. The predicted molar refractivity (Wildman–Crippen MR) is 78.3 cm³/mol. The lowest BCUT2D eigenvalue weighted by Crippen LogP contribution is -2.13. The second kappa shape index (κ2) is 6.75. The van der Waals surface area contributed by atoms with E-state index in [2.05, 4.69) is 12.2 Å². The Morgan fingerprint density at radius 3 is 2.61 bits per heavy atom. The van der Waals surface area contributed by atoms with Gasteiger partial charge in [-0.05, 0) is 31.9 Å². The maximum absolute atomic E-state index is 12.0. The van der Waals surface area contributed by atoms with Crippen molar-refractivity contribution < 1.29 is 9.36 Å². The van der Waals surface area contributed by atoms with Crippen LogP contribution in [0.25, 0.3) is 0 Å². The molecule has 4 heteroatoms. The van der Waals surface area contributed by atoms with Crippen molar-refractivity contribution in [3.05, 3.63) is 24.3 Å². The first kappa shape index (κ1) is 15.0. The minimum absolute atomic E-state index is 0.0302. The van der Waals surface area contributed by atoms with E-state index in [0.29, 0.717) is 6.42 Å². The Morgan fingerprint density at radius 1 is 1.28 bits per heavy atom. The molecule has 1 N–H and O–H groups in total. The van der Waals surface area contributed by atoms with Crippen LogP contribution in [0.3, 0.4) is 0 Å². The number of carbonyl (C=O) groups is 1. The SMILES string of the molecule is CCCCCC(=O)Nc1cccc(P(C)(C)=O)c1. The number of anilines is 1. The zero-order chi connectivity index (χ0) is 13.6. The number of nitrogens with one attached hydrogen (secondary N) is 1. The van der Waals surface area contributed by atoms with Gasteiger partial charge in [0.1, 0.15) is 7.14 Å². The second-order valence-electron chi connectivity index (χ2n) is 4.91. The highest BCUT2D eigenvalue weighted by molar-refractivity contribution is 7.70. The molecule has 1 amide bonds. The molecule has 18 heavy (non-hydrogen) atoms. The topological polar surface area (TPSA) is 46.2 Å². The van der Waals surface area contributed by atoms with E-state index in [1.54, 1.807) is 19.4 Å². The van der Waals surface area contributed by atoms with Crippen LogP contribution >= 0.6 is 7.14 Å². The molecular formula is C14H22NO2P. The summed E-state index contributed by atoms with van der Waals surface area (Å²) in [5.41, 5.74) is 0.734. The Labute approximate surface area is 109 Å². The first-order chi connectivity index (χ1) is 8.43. The first-order valence-corrected chi connectivity index (χ1v) is 8.99. The van der Waals surface area contributed by atoms with E-state index in [9.17, 15) is 9.36 Å². The Bertz CT molecular complexity index is 451. The standard InChI is InChI=1S/C14H22NO2P/c1-4-5-6-10-14(16)15-12-8-7-9-13(11-12)18(2,3)17/h7-9,11H,4-6,10H2,1-3H3,(H,15,16). The minimum Gasteiger partial charge on any atom is -0.326 e. The molecule has 0 fully saturated rings. The van der Waals surface area contributed by atoms with Crippen molar-refractivity contribution in [3.8, 4) is 0 Å². The molecule has 1 rings (SSSR count). The maximum atomic E-state index is 12.0. The van der Waals surface area contributed by atoms with Gasteiger partial charge in [0, 0.05) is 17.4 Å². The first-order valence-electron chi connectivity index (χ1n) is 6.39. The van der Waals surface area contributed by atoms with Crippen molar-refractivity contribution in [1.82, 2.24) is 0 Å². The quantitative estimate of drug-likeness (QED) is 0.633. The van der Waals surface area contributed by atoms with Gasteiger partial charge in [0.2, 0.25) is 5.91 Å². The molecule has 100 valence electrons. The molecule has 0 unspecified atom stereocenters. The molecule has 3 nitrogen and oxygen atoms in total. The molecule has 0 heterocycles. The van der Waals surface area contributed by atoms with Gasteiger partial charge in [-0.15, -0.1) is 0 Å². The minimum atomic E-state index is -2.27. The summed E-state index contributed by atoms with van der Waals surface area (Å²) in [5, 5.41) is 3.65. The third kappa shape index (κ3) is 5.05. The smallest absolute Gasteiger partial charge is 0.224 e. The van der Waals surface area contributed by atoms with Gasteiger partial charge in [-0.3, -0.25) is 4.79 Å². The lowest BCUT2D eigenvalue weighted by atomic mass is 10.2. The van der Waals surface area contributed by atoms with Crippen LogP contribution in [0.2, 0.25) is 0 Å². The third-order valence-electron chi connectivity index (χ3n) is 2.76. The van der Waals surface area contributed by atoms with E-state index in [-0.39, 0.29) is 5.91 Å². The normalized spacial score (nSPS) is 11.3. The van der Waals surface area contributed by atoms with Crippen LogP contribution in [0, 0.1) is 0 Å². The maximum Gasteiger partial charge on any atom is 0.224 e. The second-order valence-corrected chi connectivity index (χ2v) is 8.12. The summed E-state index contributed by atoms with van der Waals surface area (Å²) in [5.74, 6) is 0.0302. The summed E-state index contributed by atoms with van der Waals surface area (Å²) in [6, 6.07) is 7.31. The highest BCUT2D eigenvalue weighted by atomic mass is 31.2. The lowest BCUT2D eigenvalue weighted by molar-refractivity contribution is -0.116. The summed E-state index contributed by atoms with van der Waals surface area (Å²) in [6.07, 6.45) is 3.65. The molecule has 0 saturated carbocycles. The highest BCUT2D eigenvalue weighted by Gasteiger charge is 2.11. The average Bonchev–Trinajstić information content (AvgIpc) is 2.28. The Hall–Kier alpha value is -1.08. The summed E-state index contributed by atoms with van der Waals surface area (Å²) in [4.78, 5) is 11.7. The molecule has 0 atom stereocenters. The molecule has 1 aromatic rings. The zero-order valence-electron chi connectivity index (χ0n) is 11.4. The molecule has 0 aromatic heterocycles. The Kier molecular flexibility index (Phi) is 5.61. The molecular weight excluding hydrogens is 245 g/mol. The number of hydrogen-bond acceptors (Lipinski definition) is 2. The predicted octanol–water partition coefficient (Wildman–Crippen LogP) is 3.45. The van der Waals surface area contributed by atoms with Crippen molar-refractivity contribution in [2.45, 2.75) is 32.6 Å². The number of carbonyl (C=O) groups excluding carboxylic acids is 1. The molecule has 0 radical (unpaired) electrons. The largest absolute Gasteiger partial charge is 0.326 e. The van der Waals surface area contributed by atoms with Crippen molar-refractivity contribution in [2.24, 2.45) is 0 Å². The summed E-state index contributed by atoms with van der Waals surface area (Å²) in [6.45, 7) is 5.58. The monoisotopic (exact) mass is 267 g/mol. The van der Waals surface area contributed by atoms with Crippen molar-refractivity contribution in [2.75, 3.05) is 18.6 Å². The van der Waals surface area contributed by atoms with Gasteiger partial charge in [-0.2, -0.15) is 0 Å². The van der Waals surface area contributed by atoms with E-state index in [1.807, 2.05) is 18.2 Å². The van der Waals surface area contributed by atoms with E-state index < -0.39 is 7.14 Å². The molecule has 1 aromatic carbocycles. The molecule has 0 spiro atoms. The number of rotatable bonds is 6. The van der Waals surface area contributed by atoms with Crippen LogP contribution in [0.1, 0.15) is 32.6 Å². The number of hydrogen-bond donors (Lipinski definition) is 1. The molecule has 0 bridgehead atoms. The molecule has 0 aliphatic heterocycles. The lowest BCUT2D eigenvalue weighted by Gasteiger charge is -2.10. The fourth-order valence-corrected chi connectivity index (χ4v) is 2.57. The number of amides is 1. The van der Waals surface area contributed by atoms with E-state index in [0.717, 1.165) is 30.3 Å². The van der Waals surface area contributed by atoms with Gasteiger partial charge in [0.05, 0.1) is 0 Å². The van der Waals surface area contributed by atoms with Crippen LogP contribution < -0.4 is 10.6 Å². The van der Waals surface area contributed by atoms with Gasteiger partial charge in [-0.1, -0.05) is 31.9 Å². The average molecular weight is 267 g/mol. The molecule has 0 aliphatic carbocycles. The zero-order valence-corrected chi connectivity index (χ0v) is 12.3. The van der Waals surface area contributed by atoms with Gasteiger partial charge < -0.3 is 9.88 Å². The van der Waals surface area contributed by atoms with Crippen LogP contribution in [0.5, 0.6) is 0 Å². The van der Waals surface area contributed by atoms with Crippen molar-refractivity contribution in [1.29, 1.82) is 0 Å². The van der Waals surface area contributed by atoms with Crippen molar-refractivity contribution in [3.63, 3.8) is 0 Å². The van der Waals surface area contributed by atoms with Crippen LogP contribution in [-0.2, 0) is 9.36 Å². The Morgan fingerprint density at radius 2 is 2.00 bits per heavy atom. The fourth-order valence-electron chi connectivity index (χ4n) is 1.68. The van der Waals surface area contributed by atoms with Gasteiger partial charge in [0.25, 0.3) is 0 Å². The van der Waals surface area contributed by atoms with Crippen LogP contribution in [-0.4, -0.2) is 19.2 Å². The summed E-state index contributed by atoms with van der Waals surface area (Å²) >= 11 is 0. The third-order valence-corrected chi connectivity index (χ3v) is 4.28. The van der Waals surface area contributed by atoms with Crippen molar-refractivity contribution >= 4 is 24.0 Å². The molecule has 0 aliphatic rings. The van der Waals surface area contributed by atoms with E-state index in [4.69, 9.17) is 0 Å².